The van der Waals surface area contributed by atoms with E-state index >= 15 is 0 Å². The van der Waals surface area contributed by atoms with Gasteiger partial charge in [-0.25, -0.2) is 4.79 Å². The number of amides is 1. The SMILES string of the molecule is Cc1cc(Cl)ccc1OCC(=O)O[C@@H](C)C(=O)N1CCc2ccccc21. The number of hydrogen-bond acceptors (Lipinski definition) is 4. The van der Waals surface area contributed by atoms with Crippen LogP contribution in [0.25, 0.3) is 0 Å². The van der Waals surface area contributed by atoms with Crippen LogP contribution in [0.3, 0.4) is 0 Å². The molecule has 0 spiro atoms. The average Bonchev–Trinajstić information content (AvgIpc) is 3.04. The molecule has 0 aliphatic carbocycles. The monoisotopic (exact) mass is 373 g/mol. The number of fused-ring (bicyclic) bond motifs is 1. The lowest BCUT2D eigenvalue weighted by atomic mass is 10.2. The smallest absolute Gasteiger partial charge is 0.344 e. The number of aryl methyl sites for hydroxylation is 1. The van der Waals surface area contributed by atoms with Gasteiger partial charge in [0.1, 0.15) is 5.75 Å². The number of carbonyl (C=O) groups is 2. The van der Waals surface area contributed by atoms with Crippen molar-refractivity contribution in [1.82, 2.24) is 0 Å². The van der Waals surface area contributed by atoms with Crippen molar-refractivity contribution in [1.29, 1.82) is 0 Å². The number of benzene rings is 2. The second-order valence-electron chi connectivity index (χ2n) is 6.20. The molecule has 26 heavy (non-hydrogen) atoms. The van der Waals surface area contributed by atoms with Crippen molar-refractivity contribution in [3.8, 4) is 5.75 Å². The highest BCUT2D eigenvalue weighted by Gasteiger charge is 2.29. The van der Waals surface area contributed by atoms with Crippen LogP contribution in [-0.2, 0) is 20.7 Å². The fourth-order valence-electron chi connectivity index (χ4n) is 2.98. The third-order valence-electron chi connectivity index (χ3n) is 4.29. The molecule has 1 aliphatic heterocycles. The molecule has 5 nitrogen and oxygen atoms in total. The lowest BCUT2D eigenvalue weighted by molar-refractivity contribution is -0.155. The first-order valence-electron chi connectivity index (χ1n) is 8.43. The van der Waals surface area contributed by atoms with Gasteiger partial charge in [0, 0.05) is 17.3 Å². The van der Waals surface area contributed by atoms with Crippen molar-refractivity contribution in [2.24, 2.45) is 0 Å². The summed E-state index contributed by atoms with van der Waals surface area (Å²) in [6.07, 6.45) is -0.0646. The van der Waals surface area contributed by atoms with Gasteiger partial charge >= 0.3 is 5.97 Å². The van der Waals surface area contributed by atoms with Crippen molar-refractivity contribution < 1.29 is 19.1 Å². The van der Waals surface area contributed by atoms with E-state index in [2.05, 4.69) is 0 Å². The molecule has 2 aromatic rings. The Balaban J connectivity index is 1.55. The highest BCUT2D eigenvalue weighted by molar-refractivity contribution is 6.30. The summed E-state index contributed by atoms with van der Waals surface area (Å²) in [6.45, 7) is 3.75. The van der Waals surface area contributed by atoms with E-state index in [0.717, 1.165) is 23.2 Å². The topological polar surface area (TPSA) is 55.8 Å². The van der Waals surface area contributed by atoms with Crippen molar-refractivity contribution in [2.45, 2.75) is 26.4 Å². The summed E-state index contributed by atoms with van der Waals surface area (Å²) in [5, 5.41) is 0.600. The molecule has 0 radical (unpaired) electrons. The van der Waals surface area contributed by atoms with Gasteiger partial charge in [0.15, 0.2) is 12.7 Å². The molecular weight excluding hydrogens is 354 g/mol. The Hall–Kier alpha value is -2.53. The van der Waals surface area contributed by atoms with Gasteiger partial charge in [0.25, 0.3) is 5.91 Å². The Bertz CT molecular complexity index is 836. The van der Waals surface area contributed by atoms with Gasteiger partial charge in [-0.05, 0) is 55.7 Å². The zero-order chi connectivity index (χ0) is 18.7. The first kappa shape index (κ1) is 18.3. The highest BCUT2D eigenvalue weighted by Crippen LogP contribution is 2.28. The van der Waals surface area contributed by atoms with Crippen LogP contribution in [0.5, 0.6) is 5.75 Å². The van der Waals surface area contributed by atoms with Gasteiger partial charge in [-0.3, -0.25) is 4.79 Å². The van der Waals surface area contributed by atoms with Crippen LogP contribution in [0, 0.1) is 6.92 Å². The third-order valence-corrected chi connectivity index (χ3v) is 4.53. The number of carbonyl (C=O) groups excluding carboxylic acids is 2. The minimum atomic E-state index is -0.872. The van der Waals surface area contributed by atoms with Gasteiger partial charge in [0.05, 0.1) is 0 Å². The average molecular weight is 374 g/mol. The molecule has 0 N–H and O–H groups in total. The quantitative estimate of drug-likeness (QED) is 0.752. The number of anilines is 1. The van der Waals surface area contributed by atoms with Gasteiger partial charge in [-0.1, -0.05) is 29.8 Å². The van der Waals surface area contributed by atoms with Gasteiger partial charge in [-0.2, -0.15) is 0 Å². The Morgan fingerprint density at radius 1 is 1.23 bits per heavy atom. The maximum Gasteiger partial charge on any atom is 0.344 e. The number of nitrogens with zero attached hydrogens (tertiary/aromatic N) is 1. The summed E-state index contributed by atoms with van der Waals surface area (Å²) in [4.78, 5) is 26.3. The minimum absolute atomic E-state index is 0.231. The zero-order valence-electron chi connectivity index (χ0n) is 14.7. The maximum absolute atomic E-state index is 12.6. The summed E-state index contributed by atoms with van der Waals surface area (Å²) >= 11 is 5.89. The molecule has 6 heteroatoms. The van der Waals surface area contributed by atoms with Crippen LogP contribution in [0.2, 0.25) is 5.02 Å². The summed E-state index contributed by atoms with van der Waals surface area (Å²) in [5.74, 6) is -0.266. The molecule has 1 aliphatic rings. The van der Waals surface area contributed by atoms with Crippen LogP contribution in [0.4, 0.5) is 5.69 Å². The van der Waals surface area contributed by atoms with Gasteiger partial charge in [0.2, 0.25) is 0 Å². The summed E-state index contributed by atoms with van der Waals surface area (Å²) < 4.78 is 10.7. The summed E-state index contributed by atoms with van der Waals surface area (Å²) in [7, 11) is 0. The molecule has 1 amide bonds. The first-order valence-corrected chi connectivity index (χ1v) is 8.81. The van der Waals surface area contributed by atoms with E-state index in [9.17, 15) is 9.59 Å². The van der Waals surface area contributed by atoms with Crippen LogP contribution in [0.1, 0.15) is 18.1 Å². The lowest BCUT2D eigenvalue weighted by Crippen LogP contribution is -2.39. The van der Waals surface area contributed by atoms with Crippen molar-refractivity contribution in [3.63, 3.8) is 0 Å². The highest BCUT2D eigenvalue weighted by atomic mass is 35.5. The van der Waals surface area contributed by atoms with Crippen LogP contribution in [-0.4, -0.2) is 31.1 Å². The Morgan fingerprint density at radius 3 is 2.77 bits per heavy atom. The van der Waals surface area contributed by atoms with E-state index in [0.29, 0.717) is 17.3 Å². The number of halogens is 1. The number of para-hydroxylation sites is 1. The van der Waals surface area contributed by atoms with Crippen molar-refractivity contribution in [2.75, 3.05) is 18.1 Å². The summed E-state index contributed by atoms with van der Waals surface area (Å²) in [6, 6.07) is 12.9. The molecular formula is C20H20ClNO4. The van der Waals surface area contributed by atoms with Crippen molar-refractivity contribution >= 4 is 29.2 Å². The van der Waals surface area contributed by atoms with E-state index in [-0.39, 0.29) is 12.5 Å². The Kier molecular flexibility index (Phi) is 5.47. The zero-order valence-corrected chi connectivity index (χ0v) is 15.5. The normalized spacial score (nSPS) is 13.9. The van der Waals surface area contributed by atoms with E-state index in [1.807, 2.05) is 31.2 Å². The number of rotatable bonds is 5. The van der Waals surface area contributed by atoms with Gasteiger partial charge in [-0.15, -0.1) is 0 Å². The largest absolute Gasteiger partial charge is 0.482 e. The second-order valence-corrected chi connectivity index (χ2v) is 6.64. The molecule has 2 aromatic carbocycles. The lowest BCUT2D eigenvalue weighted by Gasteiger charge is -2.21. The number of hydrogen-bond donors (Lipinski definition) is 0. The molecule has 0 aromatic heterocycles. The fourth-order valence-corrected chi connectivity index (χ4v) is 3.21. The number of esters is 1. The van der Waals surface area contributed by atoms with E-state index in [1.54, 1.807) is 30.0 Å². The molecule has 0 fully saturated rings. The van der Waals surface area contributed by atoms with Crippen LogP contribution >= 0.6 is 11.6 Å². The Labute approximate surface area is 157 Å². The third kappa shape index (κ3) is 3.99. The molecule has 1 atom stereocenters. The molecule has 0 bridgehead atoms. The van der Waals surface area contributed by atoms with E-state index in [1.165, 1.54) is 0 Å². The van der Waals surface area contributed by atoms with Crippen LogP contribution in [0.15, 0.2) is 42.5 Å². The fraction of sp³-hybridized carbons (Fsp3) is 0.300. The predicted octanol–water partition coefficient (Wildman–Crippen LogP) is 3.55. The molecule has 0 saturated carbocycles. The van der Waals surface area contributed by atoms with E-state index < -0.39 is 12.1 Å². The summed E-state index contributed by atoms with van der Waals surface area (Å²) in [5.41, 5.74) is 2.83. The predicted molar refractivity (Wildman–Crippen MR) is 99.7 cm³/mol. The molecule has 3 rings (SSSR count). The van der Waals surface area contributed by atoms with Crippen LogP contribution < -0.4 is 9.64 Å². The molecule has 1 heterocycles. The standard InChI is InChI=1S/C20H20ClNO4/c1-13-11-16(21)7-8-18(13)25-12-19(23)26-14(2)20(24)22-10-9-15-5-3-4-6-17(15)22/h3-8,11,14H,9-10,12H2,1-2H3/t14-/m0/s1. The molecule has 0 unspecified atom stereocenters. The first-order chi connectivity index (χ1) is 12.5. The van der Waals surface area contributed by atoms with E-state index in [4.69, 9.17) is 21.1 Å². The molecule has 136 valence electrons. The van der Waals surface area contributed by atoms with Gasteiger partial charge < -0.3 is 14.4 Å². The molecule has 0 saturated heterocycles. The second kappa shape index (κ2) is 7.79. The Morgan fingerprint density at radius 2 is 2.00 bits per heavy atom. The minimum Gasteiger partial charge on any atom is -0.482 e. The number of ether oxygens (including phenoxy) is 2. The maximum atomic E-state index is 12.6. The van der Waals surface area contributed by atoms with Crippen molar-refractivity contribution in [3.05, 3.63) is 58.6 Å².